The van der Waals surface area contributed by atoms with Crippen molar-refractivity contribution >= 4 is 43.5 Å². The summed E-state index contributed by atoms with van der Waals surface area (Å²) in [5.41, 5.74) is 3.26. The third kappa shape index (κ3) is 2.66. The zero-order chi connectivity index (χ0) is 15.8. The van der Waals surface area contributed by atoms with E-state index in [0.29, 0.717) is 10.8 Å². The lowest BCUT2D eigenvalue weighted by molar-refractivity contribution is 0.102. The van der Waals surface area contributed by atoms with Gasteiger partial charge in [0, 0.05) is 5.39 Å². The van der Waals surface area contributed by atoms with Crippen LogP contribution in [0.1, 0.15) is 16.1 Å². The van der Waals surface area contributed by atoms with Gasteiger partial charge in [0.15, 0.2) is 5.13 Å². The molecule has 0 saturated heterocycles. The maximum Gasteiger partial charge on any atom is 0.276 e. The van der Waals surface area contributed by atoms with Crippen molar-refractivity contribution in [2.75, 3.05) is 5.32 Å². The number of para-hydroxylation sites is 1. The summed E-state index contributed by atoms with van der Waals surface area (Å²) in [6.45, 7) is 2.04. The van der Waals surface area contributed by atoms with Crippen LogP contribution in [0.2, 0.25) is 0 Å². The summed E-state index contributed by atoms with van der Waals surface area (Å²) in [5, 5.41) is 4.44. The quantitative estimate of drug-likeness (QED) is 0.595. The highest BCUT2D eigenvalue weighted by atomic mass is 32.1. The predicted molar refractivity (Wildman–Crippen MR) is 94.1 cm³/mol. The minimum Gasteiger partial charge on any atom is -0.296 e. The Balaban J connectivity index is 1.64. The maximum atomic E-state index is 12.4. The molecule has 0 spiro atoms. The normalized spacial score (nSPS) is 11.0. The number of carbonyl (C=O) groups is 1. The lowest BCUT2D eigenvalue weighted by Gasteiger charge is -2.02. The summed E-state index contributed by atoms with van der Waals surface area (Å²) in [6, 6.07) is 17.4. The molecular weight excluding hydrogens is 306 g/mol. The fourth-order valence-electron chi connectivity index (χ4n) is 2.44. The molecule has 0 aliphatic heterocycles. The van der Waals surface area contributed by atoms with Crippen molar-refractivity contribution in [2.45, 2.75) is 6.92 Å². The number of rotatable bonds is 2. The summed E-state index contributed by atoms with van der Waals surface area (Å²) >= 11 is 1.47. The first-order valence-corrected chi connectivity index (χ1v) is 8.05. The number of aromatic nitrogens is 2. The van der Waals surface area contributed by atoms with Crippen LogP contribution in [0.15, 0.2) is 54.6 Å². The Morgan fingerprint density at radius 2 is 1.87 bits per heavy atom. The summed E-state index contributed by atoms with van der Waals surface area (Å²) in [5.74, 6) is -0.244. The van der Waals surface area contributed by atoms with E-state index in [4.69, 9.17) is 0 Å². The molecule has 112 valence electrons. The second-order valence-corrected chi connectivity index (χ2v) is 6.36. The van der Waals surface area contributed by atoms with Gasteiger partial charge in [-0.1, -0.05) is 41.7 Å². The molecule has 0 fully saturated rings. The Bertz CT molecular complexity index is 1040. The zero-order valence-corrected chi connectivity index (χ0v) is 13.2. The zero-order valence-electron chi connectivity index (χ0n) is 12.4. The van der Waals surface area contributed by atoms with Gasteiger partial charge in [0.2, 0.25) is 0 Å². The molecule has 0 atom stereocenters. The van der Waals surface area contributed by atoms with Gasteiger partial charge >= 0.3 is 0 Å². The van der Waals surface area contributed by atoms with Gasteiger partial charge < -0.3 is 0 Å². The van der Waals surface area contributed by atoms with E-state index >= 15 is 0 Å². The standard InChI is InChI=1S/C18H13N3OS/c1-11-6-8-14-16(10-11)23-18(20-14)21-17(22)15-9-7-12-4-2-3-5-13(12)19-15/h2-10H,1H3,(H,20,21,22). The first-order valence-electron chi connectivity index (χ1n) is 7.23. The largest absolute Gasteiger partial charge is 0.296 e. The maximum absolute atomic E-state index is 12.4. The van der Waals surface area contributed by atoms with Crippen molar-refractivity contribution < 1.29 is 4.79 Å². The van der Waals surface area contributed by atoms with E-state index in [2.05, 4.69) is 21.4 Å². The third-order valence-electron chi connectivity index (χ3n) is 3.60. The van der Waals surface area contributed by atoms with Gasteiger partial charge in [0.1, 0.15) is 5.69 Å². The van der Waals surface area contributed by atoms with E-state index < -0.39 is 0 Å². The molecule has 4 nitrogen and oxygen atoms in total. The Hall–Kier alpha value is -2.79. The number of hydrogen-bond acceptors (Lipinski definition) is 4. The van der Waals surface area contributed by atoms with E-state index in [9.17, 15) is 4.79 Å². The number of thiazole rings is 1. The van der Waals surface area contributed by atoms with Crippen molar-refractivity contribution in [3.05, 3.63) is 65.9 Å². The molecule has 0 bridgehead atoms. The second kappa shape index (κ2) is 5.44. The molecule has 2 heterocycles. The number of pyridine rings is 1. The van der Waals surface area contributed by atoms with Crippen LogP contribution in [0.3, 0.4) is 0 Å². The molecule has 1 N–H and O–H groups in total. The number of anilines is 1. The summed E-state index contributed by atoms with van der Waals surface area (Å²) in [4.78, 5) is 21.2. The average molecular weight is 319 g/mol. The van der Waals surface area contributed by atoms with E-state index in [1.807, 2.05) is 49.4 Å². The van der Waals surface area contributed by atoms with Crippen LogP contribution in [-0.4, -0.2) is 15.9 Å². The van der Waals surface area contributed by atoms with Crippen LogP contribution < -0.4 is 5.32 Å². The number of aryl methyl sites for hydroxylation is 1. The molecule has 0 saturated carbocycles. The molecule has 4 aromatic rings. The van der Waals surface area contributed by atoms with Gasteiger partial charge in [-0.15, -0.1) is 0 Å². The van der Waals surface area contributed by atoms with E-state index in [1.165, 1.54) is 16.9 Å². The van der Waals surface area contributed by atoms with Gasteiger partial charge in [-0.05, 0) is 36.8 Å². The Labute approximate surface area is 136 Å². The van der Waals surface area contributed by atoms with E-state index in [0.717, 1.165) is 21.1 Å². The number of carbonyl (C=O) groups excluding carboxylic acids is 1. The predicted octanol–water partition coefficient (Wildman–Crippen LogP) is 4.41. The van der Waals surface area contributed by atoms with E-state index in [-0.39, 0.29) is 5.91 Å². The monoisotopic (exact) mass is 319 g/mol. The van der Waals surface area contributed by atoms with E-state index in [1.54, 1.807) is 6.07 Å². The number of fused-ring (bicyclic) bond motifs is 2. The lowest BCUT2D eigenvalue weighted by Crippen LogP contribution is -2.13. The van der Waals surface area contributed by atoms with Crippen molar-refractivity contribution in [1.82, 2.24) is 9.97 Å². The van der Waals surface area contributed by atoms with Crippen LogP contribution in [0.25, 0.3) is 21.1 Å². The number of nitrogens with one attached hydrogen (secondary N) is 1. The van der Waals surface area contributed by atoms with Gasteiger partial charge in [-0.3, -0.25) is 10.1 Å². The minimum atomic E-state index is -0.244. The highest BCUT2D eigenvalue weighted by Gasteiger charge is 2.11. The second-order valence-electron chi connectivity index (χ2n) is 5.33. The fraction of sp³-hybridized carbons (Fsp3) is 0.0556. The smallest absolute Gasteiger partial charge is 0.276 e. The van der Waals surface area contributed by atoms with Gasteiger partial charge in [0.05, 0.1) is 15.7 Å². The fourth-order valence-corrected chi connectivity index (χ4v) is 3.40. The van der Waals surface area contributed by atoms with Crippen LogP contribution >= 0.6 is 11.3 Å². The van der Waals surface area contributed by atoms with Crippen molar-refractivity contribution in [3.63, 3.8) is 0 Å². The molecule has 2 aromatic heterocycles. The molecular formula is C18H13N3OS. The van der Waals surface area contributed by atoms with Gasteiger partial charge in [-0.2, -0.15) is 0 Å². The van der Waals surface area contributed by atoms with Crippen LogP contribution in [0.5, 0.6) is 0 Å². The number of benzene rings is 2. The number of nitrogens with zero attached hydrogens (tertiary/aromatic N) is 2. The third-order valence-corrected chi connectivity index (χ3v) is 4.53. The topological polar surface area (TPSA) is 54.9 Å². The summed E-state index contributed by atoms with van der Waals surface area (Å²) < 4.78 is 1.06. The molecule has 5 heteroatoms. The van der Waals surface area contributed by atoms with Gasteiger partial charge in [-0.25, -0.2) is 9.97 Å². The van der Waals surface area contributed by atoms with Crippen LogP contribution in [-0.2, 0) is 0 Å². The summed E-state index contributed by atoms with van der Waals surface area (Å²) in [6.07, 6.45) is 0. The Kier molecular flexibility index (Phi) is 3.28. The molecule has 1 amide bonds. The first-order chi connectivity index (χ1) is 11.2. The lowest BCUT2D eigenvalue weighted by atomic mass is 10.2. The first kappa shape index (κ1) is 13.8. The molecule has 0 aliphatic rings. The van der Waals surface area contributed by atoms with Crippen LogP contribution in [0.4, 0.5) is 5.13 Å². The highest BCUT2D eigenvalue weighted by Crippen LogP contribution is 2.27. The number of amides is 1. The molecule has 2 aromatic carbocycles. The van der Waals surface area contributed by atoms with Gasteiger partial charge in [0.25, 0.3) is 5.91 Å². The van der Waals surface area contributed by atoms with Crippen LogP contribution in [0, 0.1) is 6.92 Å². The summed E-state index contributed by atoms with van der Waals surface area (Å²) in [7, 11) is 0. The van der Waals surface area contributed by atoms with Crippen molar-refractivity contribution in [3.8, 4) is 0 Å². The SMILES string of the molecule is Cc1ccc2nc(NC(=O)c3ccc4ccccc4n3)sc2c1. The highest BCUT2D eigenvalue weighted by molar-refractivity contribution is 7.22. The number of hydrogen-bond donors (Lipinski definition) is 1. The molecule has 23 heavy (non-hydrogen) atoms. The Morgan fingerprint density at radius 1 is 1.00 bits per heavy atom. The molecule has 4 rings (SSSR count). The minimum absolute atomic E-state index is 0.244. The average Bonchev–Trinajstić information content (AvgIpc) is 2.95. The Morgan fingerprint density at radius 3 is 2.78 bits per heavy atom. The van der Waals surface area contributed by atoms with Crippen molar-refractivity contribution in [2.24, 2.45) is 0 Å². The molecule has 0 radical (unpaired) electrons. The van der Waals surface area contributed by atoms with Crippen molar-refractivity contribution in [1.29, 1.82) is 0 Å². The molecule has 0 aliphatic carbocycles. The molecule has 0 unspecified atom stereocenters.